The molecule has 1 nitrogen and oxygen atoms in total. The van der Waals surface area contributed by atoms with Crippen LogP contribution in [-0.4, -0.2) is 0 Å². The minimum absolute atomic E-state index is 0.0729. The van der Waals surface area contributed by atoms with Crippen LogP contribution < -0.4 is 0 Å². The number of benzene rings is 7. The third kappa shape index (κ3) is 4.36. The average Bonchev–Trinajstić information content (AvgIpc) is 3.42. The van der Waals surface area contributed by atoms with Crippen LogP contribution in [0.15, 0.2) is 114 Å². The third-order valence-corrected chi connectivity index (χ3v) is 10.1. The molecule has 0 spiro atoms. The van der Waals surface area contributed by atoms with Gasteiger partial charge in [-0.05, 0) is 89.5 Å². The Labute approximate surface area is 265 Å². The number of fused-ring (bicyclic) bond motifs is 3. The number of rotatable bonds is 5. The first-order valence-electron chi connectivity index (χ1n) is 16.4. The molecule has 1 aromatic heterocycles. The predicted molar refractivity (Wildman–Crippen MR) is 195 cm³/mol. The van der Waals surface area contributed by atoms with E-state index in [1.54, 1.807) is 0 Å². The second kappa shape index (κ2) is 9.94. The fourth-order valence-electron chi connectivity index (χ4n) is 7.65. The molecule has 0 saturated carbocycles. The SMILES string of the molecule is CCCC(C)(C)c1cccc(-c2cc(-c3cccc4c3oc3ccccc34)c3ccc4cc(C(C)(C)C)cc5ccc2c3c54)c1. The van der Waals surface area contributed by atoms with Gasteiger partial charge in [-0.3, -0.25) is 0 Å². The van der Waals surface area contributed by atoms with E-state index in [2.05, 4.69) is 151 Å². The molecule has 1 heteroatoms. The molecule has 7 aromatic carbocycles. The maximum Gasteiger partial charge on any atom is 0.143 e. The van der Waals surface area contributed by atoms with Gasteiger partial charge in [-0.2, -0.15) is 0 Å². The van der Waals surface area contributed by atoms with Crippen molar-refractivity contribution >= 4 is 54.3 Å². The molecular formula is C44H40O. The summed E-state index contributed by atoms with van der Waals surface area (Å²) in [6.07, 6.45) is 2.32. The Morgan fingerprint density at radius 3 is 1.96 bits per heavy atom. The highest BCUT2D eigenvalue weighted by Gasteiger charge is 2.23. The van der Waals surface area contributed by atoms with E-state index in [0.717, 1.165) is 40.3 Å². The summed E-state index contributed by atoms with van der Waals surface area (Å²) in [5.41, 5.74) is 9.72. The van der Waals surface area contributed by atoms with Gasteiger partial charge in [0.05, 0.1) is 0 Å². The summed E-state index contributed by atoms with van der Waals surface area (Å²) >= 11 is 0. The van der Waals surface area contributed by atoms with Crippen LogP contribution >= 0.6 is 0 Å². The van der Waals surface area contributed by atoms with Gasteiger partial charge in [-0.1, -0.05) is 145 Å². The molecular weight excluding hydrogens is 544 g/mol. The van der Waals surface area contributed by atoms with Crippen LogP contribution in [0.4, 0.5) is 0 Å². The van der Waals surface area contributed by atoms with E-state index in [0.29, 0.717) is 0 Å². The normalized spacial score (nSPS) is 12.8. The fourth-order valence-corrected chi connectivity index (χ4v) is 7.65. The number of para-hydroxylation sites is 2. The van der Waals surface area contributed by atoms with Gasteiger partial charge in [0.2, 0.25) is 0 Å². The minimum atomic E-state index is 0.0729. The van der Waals surface area contributed by atoms with E-state index in [1.807, 2.05) is 0 Å². The largest absolute Gasteiger partial charge is 0.455 e. The monoisotopic (exact) mass is 584 g/mol. The summed E-state index contributed by atoms with van der Waals surface area (Å²) < 4.78 is 6.62. The highest BCUT2D eigenvalue weighted by Crippen LogP contribution is 2.47. The Hall–Kier alpha value is -4.62. The third-order valence-electron chi connectivity index (χ3n) is 10.1. The lowest BCUT2D eigenvalue weighted by Gasteiger charge is -2.26. The van der Waals surface area contributed by atoms with Crippen molar-refractivity contribution in [2.75, 3.05) is 0 Å². The highest BCUT2D eigenvalue weighted by molar-refractivity contribution is 6.29. The van der Waals surface area contributed by atoms with Crippen LogP contribution in [0.5, 0.6) is 0 Å². The molecule has 222 valence electrons. The van der Waals surface area contributed by atoms with Gasteiger partial charge in [-0.25, -0.2) is 0 Å². The van der Waals surface area contributed by atoms with Gasteiger partial charge in [0.1, 0.15) is 11.2 Å². The Bertz CT molecular complexity index is 2370. The average molecular weight is 585 g/mol. The van der Waals surface area contributed by atoms with Crippen LogP contribution in [-0.2, 0) is 10.8 Å². The van der Waals surface area contributed by atoms with Crippen molar-refractivity contribution in [3.05, 3.63) is 120 Å². The maximum absolute atomic E-state index is 6.62. The summed E-state index contributed by atoms with van der Waals surface area (Å²) in [5.74, 6) is 0. The lowest BCUT2D eigenvalue weighted by Crippen LogP contribution is -2.16. The first-order chi connectivity index (χ1) is 21.6. The second-order valence-corrected chi connectivity index (χ2v) is 14.6. The topological polar surface area (TPSA) is 13.1 Å². The van der Waals surface area contributed by atoms with Crippen LogP contribution in [0.2, 0.25) is 0 Å². The fraction of sp³-hybridized carbons (Fsp3) is 0.227. The Morgan fingerprint density at radius 2 is 1.22 bits per heavy atom. The molecule has 0 saturated heterocycles. The van der Waals surface area contributed by atoms with Gasteiger partial charge in [-0.15, -0.1) is 0 Å². The standard InChI is InChI=1S/C44H40O/c1-7-22-44(5,6)30-13-10-12-27(23-30)37-26-38(36-16-11-15-35-32-14-8-9-17-39(32)45-42(35)36)34-21-19-29-25-31(43(2,3)4)24-28-18-20-33(37)41(34)40(28)29/h8-21,23-26H,7,22H2,1-6H3. The second-order valence-electron chi connectivity index (χ2n) is 14.6. The molecule has 0 radical (unpaired) electrons. The summed E-state index contributed by atoms with van der Waals surface area (Å²) in [7, 11) is 0. The quantitative estimate of drug-likeness (QED) is 0.183. The van der Waals surface area contributed by atoms with Crippen molar-refractivity contribution in [1.82, 2.24) is 0 Å². The van der Waals surface area contributed by atoms with Crippen LogP contribution in [0.25, 0.3) is 76.5 Å². The predicted octanol–water partition coefficient (Wildman–Crippen LogP) is 13.2. The number of hydrogen-bond acceptors (Lipinski definition) is 1. The van der Waals surface area contributed by atoms with E-state index in [4.69, 9.17) is 4.42 Å². The van der Waals surface area contributed by atoms with Crippen molar-refractivity contribution < 1.29 is 4.42 Å². The zero-order valence-corrected chi connectivity index (χ0v) is 27.2. The minimum Gasteiger partial charge on any atom is -0.455 e. The van der Waals surface area contributed by atoms with Crippen molar-refractivity contribution in [2.24, 2.45) is 0 Å². The van der Waals surface area contributed by atoms with Gasteiger partial charge in [0.15, 0.2) is 0 Å². The van der Waals surface area contributed by atoms with E-state index in [1.165, 1.54) is 60.1 Å². The van der Waals surface area contributed by atoms with Crippen molar-refractivity contribution in [3.8, 4) is 22.3 Å². The molecule has 1 heterocycles. The Morgan fingerprint density at radius 1 is 0.533 bits per heavy atom. The lowest BCUT2D eigenvalue weighted by atomic mass is 9.78. The molecule has 45 heavy (non-hydrogen) atoms. The zero-order chi connectivity index (χ0) is 31.1. The van der Waals surface area contributed by atoms with E-state index in [9.17, 15) is 0 Å². The zero-order valence-electron chi connectivity index (χ0n) is 27.2. The summed E-state index contributed by atoms with van der Waals surface area (Å²) in [6, 6.07) is 40.9. The first kappa shape index (κ1) is 27.9. The van der Waals surface area contributed by atoms with Crippen molar-refractivity contribution in [2.45, 2.75) is 65.2 Å². The smallest absolute Gasteiger partial charge is 0.143 e. The van der Waals surface area contributed by atoms with E-state index in [-0.39, 0.29) is 10.8 Å². The number of furan rings is 1. The van der Waals surface area contributed by atoms with Crippen molar-refractivity contribution in [3.63, 3.8) is 0 Å². The molecule has 0 unspecified atom stereocenters. The van der Waals surface area contributed by atoms with Gasteiger partial charge < -0.3 is 4.42 Å². The van der Waals surface area contributed by atoms with Gasteiger partial charge >= 0.3 is 0 Å². The summed E-state index contributed by atoms with van der Waals surface area (Å²) in [6.45, 7) is 13.9. The Balaban J connectivity index is 1.50. The lowest BCUT2D eigenvalue weighted by molar-refractivity contribution is 0.473. The van der Waals surface area contributed by atoms with Gasteiger partial charge in [0, 0.05) is 16.3 Å². The number of hydrogen-bond donors (Lipinski definition) is 0. The molecule has 8 aromatic rings. The molecule has 0 N–H and O–H groups in total. The molecule has 0 atom stereocenters. The Kier molecular flexibility index (Phi) is 6.16. The molecule has 0 amide bonds. The van der Waals surface area contributed by atoms with Crippen LogP contribution in [0.1, 0.15) is 65.5 Å². The van der Waals surface area contributed by atoms with E-state index < -0.39 is 0 Å². The summed E-state index contributed by atoms with van der Waals surface area (Å²) in [5, 5.41) is 10.2. The first-order valence-corrected chi connectivity index (χ1v) is 16.4. The molecule has 0 aliphatic heterocycles. The molecule has 0 aliphatic carbocycles. The van der Waals surface area contributed by atoms with Crippen LogP contribution in [0.3, 0.4) is 0 Å². The van der Waals surface area contributed by atoms with E-state index >= 15 is 0 Å². The molecule has 8 rings (SSSR count). The highest BCUT2D eigenvalue weighted by atomic mass is 16.3. The van der Waals surface area contributed by atoms with Gasteiger partial charge in [0.25, 0.3) is 0 Å². The van der Waals surface area contributed by atoms with Crippen LogP contribution in [0, 0.1) is 0 Å². The van der Waals surface area contributed by atoms with Crippen molar-refractivity contribution in [1.29, 1.82) is 0 Å². The molecule has 0 aliphatic rings. The maximum atomic E-state index is 6.62. The molecule has 0 bridgehead atoms. The summed E-state index contributed by atoms with van der Waals surface area (Å²) in [4.78, 5) is 0. The molecule has 0 fully saturated rings.